The summed E-state index contributed by atoms with van der Waals surface area (Å²) in [4.78, 5) is 10.1. The van der Waals surface area contributed by atoms with Gasteiger partial charge in [-0.15, -0.1) is 0 Å². The largest absolute Gasteiger partial charge is 0.508 e. The topological polar surface area (TPSA) is 155 Å². The van der Waals surface area contributed by atoms with Gasteiger partial charge < -0.3 is 14.4 Å². The second-order valence-electron chi connectivity index (χ2n) is 4.47. The molecule has 2 aromatic carbocycles. The molecule has 0 aliphatic heterocycles. The van der Waals surface area contributed by atoms with E-state index in [1.807, 2.05) is 0 Å². The molecule has 24 heavy (non-hydrogen) atoms. The SMILES string of the molecule is O=C(O)c1cc(S(=O)(=O)O)ccc1OS(=O)(=O)c1ccc(O)cc1. The summed E-state index contributed by atoms with van der Waals surface area (Å²) >= 11 is 0. The molecule has 2 rings (SSSR count). The first-order valence-corrected chi connectivity index (χ1v) is 8.94. The maximum atomic E-state index is 12.1. The van der Waals surface area contributed by atoms with Crippen molar-refractivity contribution < 1.29 is 40.6 Å². The van der Waals surface area contributed by atoms with Crippen LogP contribution < -0.4 is 4.18 Å². The molecule has 0 radical (unpaired) electrons. The van der Waals surface area contributed by atoms with Gasteiger partial charge in [-0.2, -0.15) is 16.8 Å². The summed E-state index contributed by atoms with van der Waals surface area (Å²) in [7, 11) is -9.09. The van der Waals surface area contributed by atoms with Crippen LogP contribution in [0.3, 0.4) is 0 Å². The summed E-state index contributed by atoms with van der Waals surface area (Å²) in [5.41, 5.74) is -0.771. The molecule has 0 unspecified atom stereocenters. The molecule has 0 heterocycles. The Labute approximate surface area is 136 Å². The molecule has 0 atom stereocenters. The van der Waals surface area contributed by atoms with Gasteiger partial charge in [0.05, 0.1) is 4.90 Å². The van der Waals surface area contributed by atoms with Crippen LogP contribution in [0.25, 0.3) is 0 Å². The van der Waals surface area contributed by atoms with Crippen molar-refractivity contribution in [2.75, 3.05) is 0 Å². The molecule has 0 aromatic heterocycles. The normalized spacial score (nSPS) is 11.9. The second kappa shape index (κ2) is 6.11. The molecule has 11 heteroatoms. The lowest BCUT2D eigenvalue weighted by atomic mass is 10.2. The van der Waals surface area contributed by atoms with Crippen LogP contribution in [-0.2, 0) is 20.2 Å². The minimum Gasteiger partial charge on any atom is -0.508 e. The Morgan fingerprint density at radius 3 is 1.96 bits per heavy atom. The first kappa shape index (κ1) is 17.7. The van der Waals surface area contributed by atoms with Gasteiger partial charge in [-0.3, -0.25) is 4.55 Å². The summed E-state index contributed by atoms with van der Waals surface area (Å²) in [6.45, 7) is 0. The van der Waals surface area contributed by atoms with Crippen LogP contribution in [0.15, 0.2) is 52.3 Å². The van der Waals surface area contributed by atoms with E-state index in [0.29, 0.717) is 6.07 Å². The first-order valence-electron chi connectivity index (χ1n) is 6.09. The summed E-state index contributed by atoms with van der Waals surface area (Å²) in [5, 5.41) is 18.2. The Morgan fingerprint density at radius 1 is 0.917 bits per heavy atom. The number of aromatic hydroxyl groups is 1. The molecule has 128 valence electrons. The highest BCUT2D eigenvalue weighted by atomic mass is 32.2. The first-order chi connectivity index (χ1) is 11.0. The predicted molar refractivity (Wildman–Crippen MR) is 79.1 cm³/mol. The van der Waals surface area contributed by atoms with Crippen molar-refractivity contribution in [3.05, 3.63) is 48.0 Å². The van der Waals surface area contributed by atoms with Crippen LogP contribution in [0.1, 0.15) is 10.4 Å². The zero-order valence-corrected chi connectivity index (χ0v) is 13.3. The van der Waals surface area contributed by atoms with E-state index in [1.165, 1.54) is 0 Å². The van der Waals surface area contributed by atoms with Gasteiger partial charge in [0.1, 0.15) is 16.2 Å². The van der Waals surface area contributed by atoms with Gasteiger partial charge >= 0.3 is 16.1 Å². The number of rotatable bonds is 5. The monoisotopic (exact) mass is 374 g/mol. The fraction of sp³-hybridized carbons (Fsp3) is 0. The van der Waals surface area contributed by atoms with Crippen LogP contribution in [0.2, 0.25) is 0 Å². The van der Waals surface area contributed by atoms with Crippen molar-refractivity contribution in [1.82, 2.24) is 0 Å². The summed E-state index contributed by atoms with van der Waals surface area (Å²) in [5.74, 6) is -2.47. The molecule has 9 nitrogen and oxygen atoms in total. The Hall–Kier alpha value is -2.63. The molecule has 0 aliphatic rings. The van der Waals surface area contributed by atoms with Crippen molar-refractivity contribution in [3.8, 4) is 11.5 Å². The van der Waals surface area contributed by atoms with E-state index in [-0.39, 0.29) is 10.6 Å². The van der Waals surface area contributed by atoms with Crippen molar-refractivity contribution in [2.45, 2.75) is 9.79 Å². The van der Waals surface area contributed by atoms with E-state index in [0.717, 1.165) is 36.4 Å². The number of carboxylic acid groups (broad SMARTS) is 1. The minimum absolute atomic E-state index is 0.183. The lowest BCUT2D eigenvalue weighted by Crippen LogP contribution is -2.13. The average Bonchev–Trinajstić information content (AvgIpc) is 2.46. The number of hydrogen-bond acceptors (Lipinski definition) is 7. The van der Waals surface area contributed by atoms with Crippen LogP contribution in [0.5, 0.6) is 11.5 Å². The number of phenols is 1. The van der Waals surface area contributed by atoms with E-state index in [4.69, 9.17) is 18.9 Å². The number of benzene rings is 2. The van der Waals surface area contributed by atoms with Gasteiger partial charge in [0.2, 0.25) is 0 Å². The minimum atomic E-state index is -4.67. The Bertz CT molecular complexity index is 990. The molecule has 0 saturated heterocycles. The highest BCUT2D eigenvalue weighted by Gasteiger charge is 2.23. The third kappa shape index (κ3) is 3.82. The van der Waals surface area contributed by atoms with Crippen LogP contribution in [0.4, 0.5) is 0 Å². The van der Waals surface area contributed by atoms with Gasteiger partial charge in [0, 0.05) is 0 Å². The maximum Gasteiger partial charge on any atom is 0.339 e. The van der Waals surface area contributed by atoms with Crippen molar-refractivity contribution in [3.63, 3.8) is 0 Å². The summed E-state index contributed by atoms with van der Waals surface area (Å²) in [6, 6.07) is 6.42. The van der Waals surface area contributed by atoms with E-state index < -0.39 is 42.4 Å². The Kier molecular flexibility index (Phi) is 4.51. The smallest absolute Gasteiger partial charge is 0.339 e. The lowest BCUT2D eigenvalue weighted by molar-refractivity contribution is 0.0695. The molecule has 0 aliphatic carbocycles. The highest BCUT2D eigenvalue weighted by molar-refractivity contribution is 7.87. The number of hydrogen-bond donors (Lipinski definition) is 3. The van der Waals surface area contributed by atoms with Gasteiger partial charge in [-0.05, 0) is 42.5 Å². The van der Waals surface area contributed by atoms with Crippen LogP contribution in [0, 0.1) is 0 Å². The zero-order chi connectivity index (χ0) is 18.1. The molecule has 0 fully saturated rings. The molecule has 0 bridgehead atoms. The highest BCUT2D eigenvalue weighted by Crippen LogP contribution is 2.26. The summed E-state index contributed by atoms with van der Waals surface area (Å²) < 4.78 is 59.9. The summed E-state index contributed by atoms with van der Waals surface area (Å²) in [6.07, 6.45) is 0. The molecular weight excluding hydrogens is 364 g/mol. The zero-order valence-electron chi connectivity index (χ0n) is 11.6. The van der Waals surface area contributed by atoms with Crippen molar-refractivity contribution in [2.24, 2.45) is 0 Å². The fourth-order valence-corrected chi connectivity index (χ4v) is 3.14. The van der Waals surface area contributed by atoms with Gasteiger partial charge in [-0.25, -0.2) is 4.79 Å². The van der Waals surface area contributed by atoms with Crippen molar-refractivity contribution in [1.29, 1.82) is 0 Å². The number of aromatic carboxylic acids is 1. The number of carboxylic acids is 1. The molecule has 3 N–H and O–H groups in total. The Morgan fingerprint density at radius 2 is 1.46 bits per heavy atom. The Balaban J connectivity index is 2.49. The van der Waals surface area contributed by atoms with Gasteiger partial charge in [0.15, 0.2) is 5.75 Å². The van der Waals surface area contributed by atoms with Crippen LogP contribution in [-0.4, -0.2) is 37.6 Å². The molecular formula is C13H10O9S2. The third-order valence-corrected chi connectivity index (χ3v) is 4.90. The van der Waals surface area contributed by atoms with Gasteiger partial charge in [-0.1, -0.05) is 0 Å². The van der Waals surface area contributed by atoms with Crippen molar-refractivity contribution >= 4 is 26.2 Å². The maximum absolute atomic E-state index is 12.1. The quantitative estimate of drug-likeness (QED) is 0.515. The fourth-order valence-electron chi connectivity index (χ4n) is 1.69. The third-order valence-electron chi connectivity index (χ3n) is 2.80. The molecule has 0 amide bonds. The lowest BCUT2D eigenvalue weighted by Gasteiger charge is -2.10. The van der Waals surface area contributed by atoms with E-state index in [9.17, 15) is 21.6 Å². The van der Waals surface area contributed by atoms with Crippen LogP contribution >= 0.6 is 0 Å². The molecule has 2 aromatic rings. The average molecular weight is 374 g/mol. The molecule has 0 saturated carbocycles. The van der Waals surface area contributed by atoms with E-state index in [2.05, 4.69) is 0 Å². The van der Waals surface area contributed by atoms with E-state index >= 15 is 0 Å². The second-order valence-corrected chi connectivity index (χ2v) is 7.44. The van der Waals surface area contributed by atoms with Gasteiger partial charge in [0.25, 0.3) is 10.1 Å². The molecule has 0 spiro atoms. The standard InChI is InChI=1S/C13H10O9S2/c14-8-1-3-9(4-2-8)24(20,21)22-12-6-5-10(23(17,18)19)7-11(12)13(15)16/h1-7,14H,(H,15,16)(H,17,18,19). The number of phenolic OH excluding ortho intramolecular Hbond substituents is 1. The predicted octanol–water partition coefficient (Wildman–Crippen LogP) is 1.10. The number of carbonyl (C=O) groups is 1. The van der Waals surface area contributed by atoms with E-state index in [1.54, 1.807) is 0 Å².